The van der Waals surface area contributed by atoms with Crippen LogP contribution in [0, 0.1) is 0 Å². The summed E-state index contributed by atoms with van der Waals surface area (Å²) < 4.78 is 13.0. The highest BCUT2D eigenvalue weighted by Gasteiger charge is 2.22. The molecule has 0 aliphatic carbocycles. The third-order valence-corrected chi connectivity index (χ3v) is 6.22. The van der Waals surface area contributed by atoms with Gasteiger partial charge in [-0.25, -0.2) is 19.5 Å². The topological polar surface area (TPSA) is 123 Å². The van der Waals surface area contributed by atoms with E-state index in [1.807, 2.05) is 36.5 Å². The molecule has 0 saturated carbocycles. The van der Waals surface area contributed by atoms with E-state index in [0.29, 0.717) is 29.9 Å². The molecule has 0 bridgehead atoms. The van der Waals surface area contributed by atoms with Gasteiger partial charge in [0.2, 0.25) is 0 Å². The van der Waals surface area contributed by atoms with E-state index in [1.165, 1.54) is 6.33 Å². The number of anilines is 1. The lowest BCUT2D eigenvalue weighted by molar-refractivity contribution is 0.0853. The second kappa shape index (κ2) is 10.9. The Morgan fingerprint density at radius 1 is 1.19 bits per heavy atom. The highest BCUT2D eigenvalue weighted by atomic mass is 16.5. The smallest absolute Gasteiger partial charge is 0.252 e. The van der Waals surface area contributed by atoms with Gasteiger partial charge in [0.25, 0.3) is 5.78 Å². The Balaban J connectivity index is 1.51. The number of hydrogen-bond donors (Lipinski definition) is 2. The maximum atomic E-state index is 10.00. The van der Waals surface area contributed by atoms with Crippen LogP contribution in [-0.2, 0) is 4.74 Å². The van der Waals surface area contributed by atoms with Gasteiger partial charge in [0.1, 0.15) is 30.6 Å². The van der Waals surface area contributed by atoms with Crippen molar-refractivity contribution in [1.29, 1.82) is 0 Å². The largest absolute Gasteiger partial charge is 0.491 e. The molecule has 1 unspecified atom stereocenters. The lowest BCUT2D eigenvalue weighted by atomic mass is 10.1. The summed E-state index contributed by atoms with van der Waals surface area (Å²) in [5, 5.41) is 17.1. The summed E-state index contributed by atoms with van der Waals surface area (Å²) in [5.74, 6) is 2.55. The molecule has 1 saturated heterocycles. The number of aliphatic hydroxyl groups excluding tert-OH is 1. The predicted octanol–water partition coefficient (Wildman–Crippen LogP) is 1.82. The minimum Gasteiger partial charge on any atom is -0.491 e. The fourth-order valence-electron chi connectivity index (χ4n) is 4.22. The maximum Gasteiger partial charge on any atom is 0.252 e. The maximum absolute atomic E-state index is 10.00. The van der Waals surface area contributed by atoms with Crippen molar-refractivity contribution in [1.82, 2.24) is 34.9 Å². The molecule has 5 rings (SSSR count). The van der Waals surface area contributed by atoms with Crippen LogP contribution in [-0.4, -0.2) is 87.3 Å². The van der Waals surface area contributed by atoms with Crippen LogP contribution < -0.4 is 15.0 Å². The summed E-state index contributed by atoms with van der Waals surface area (Å²) in [4.78, 5) is 20.5. The molecular weight excluding hydrogens is 460 g/mol. The zero-order valence-electron chi connectivity index (χ0n) is 20.4. The van der Waals surface area contributed by atoms with E-state index in [-0.39, 0.29) is 6.61 Å². The van der Waals surface area contributed by atoms with Gasteiger partial charge in [-0.15, -0.1) is 0 Å². The van der Waals surface area contributed by atoms with E-state index < -0.39 is 6.10 Å². The van der Waals surface area contributed by atoms with Crippen LogP contribution >= 0.6 is 0 Å². The molecule has 36 heavy (non-hydrogen) atoms. The van der Waals surface area contributed by atoms with Crippen molar-refractivity contribution >= 4 is 11.6 Å². The fraction of sp³-hybridized carbons (Fsp3) is 0.400. The van der Waals surface area contributed by atoms with Gasteiger partial charge in [-0.2, -0.15) is 10.1 Å². The van der Waals surface area contributed by atoms with E-state index in [2.05, 4.69) is 32.3 Å². The van der Waals surface area contributed by atoms with Gasteiger partial charge in [0.05, 0.1) is 5.69 Å². The van der Waals surface area contributed by atoms with Crippen LogP contribution in [0.5, 0.6) is 5.75 Å². The number of nitrogens with zero attached hydrogens (tertiary/aromatic N) is 7. The number of nitrogens with one attached hydrogen (secondary N) is 1. The molecule has 1 aliphatic rings. The molecule has 1 fully saturated rings. The number of rotatable bonds is 9. The van der Waals surface area contributed by atoms with Gasteiger partial charge in [-0.3, -0.25) is 0 Å². The number of aromatic nitrogens is 6. The molecular formula is C25H30N8O3. The molecule has 11 heteroatoms. The Bertz CT molecular complexity index is 1310. The number of fused-ring (bicyclic) bond motifs is 1. The molecule has 0 amide bonds. The van der Waals surface area contributed by atoms with Gasteiger partial charge < -0.3 is 24.8 Å². The second-order valence-electron chi connectivity index (χ2n) is 8.79. The molecule has 3 aromatic heterocycles. The molecule has 188 valence electrons. The second-order valence-corrected chi connectivity index (χ2v) is 8.79. The van der Waals surface area contributed by atoms with Crippen LogP contribution in [0.1, 0.15) is 12.8 Å². The summed E-state index contributed by atoms with van der Waals surface area (Å²) >= 11 is 0. The Kier molecular flexibility index (Phi) is 7.31. The highest BCUT2D eigenvalue weighted by molar-refractivity contribution is 5.68. The van der Waals surface area contributed by atoms with Crippen LogP contribution in [0.4, 0.5) is 5.82 Å². The summed E-state index contributed by atoms with van der Waals surface area (Å²) in [6.07, 6.45) is 6.36. The quantitative estimate of drug-likeness (QED) is 0.359. The van der Waals surface area contributed by atoms with E-state index in [1.54, 1.807) is 17.8 Å². The van der Waals surface area contributed by atoms with Crippen molar-refractivity contribution in [3.05, 3.63) is 49.1 Å². The van der Waals surface area contributed by atoms with Crippen molar-refractivity contribution in [2.24, 2.45) is 0 Å². The summed E-state index contributed by atoms with van der Waals surface area (Å²) in [6.45, 7) is 2.13. The Morgan fingerprint density at radius 3 is 2.89 bits per heavy atom. The summed E-state index contributed by atoms with van der Waals surface area (Å²) in [7, 11) is 3.85. The number of hydrogen-bond acceptors (Lipinski definition) is 10. The number of likely N-dealkylation sites (N-methyl/N-ethyl adjacent to an activating group) is 1. The lowest BCUT2D eigenvalue weighted by Gasteiger charge is -2.32. The standard InChI is InChI=1S/C25H30N8O3/c1-26-13-20(34)15-36-21-5-3-4-17(10-21)24-30-22(18-12-27-25-28-16-29-33(25)14-18)11-23(31-24)32(2)19-6-8-35-9-7-19/h3-5,10-12,14,16,19-20,26,34H,6-9,13,15H2,1-2H3. The molecule has 1 aromatic carbocycles. The lowest BCUT2D eigenvalue weighted by Crippen LogP contribution is -2.37. The van der Waals surface area contributed by atoms with Crippen LogP contribution in [0.25, 0.3) is 28.4 Å². The summed E-state index contributed by atoms with van der Waals surface area (Å²) in [6, 6.07) is 9.91. The van der Waals surface area contributed by atoms with E-state index in [9.17, 15) is 5.11 Å². The molecule has 4 aromatic rings. The van der Waals surface area contributed by atoms with Crippen molar-refractivity contribution in [3.8, 4) is 28.4 Å². The van der Waals surface area contributed by atoms with E-state index in [0.717, 1.165) is 48.7 Å². The molecule has 4 heterocycles. The first-order valence-electron chi connectivity index (χ1n) is 12.0. The fourth-order valence-corrected chi connectivity index (χ4v) is 4.22. The minimum absolute atomic E-state index is 0.187. The Hall–Kier alpha value is -3.67. The average Bonchev–Trinajstić information content (AvgIpc) is 3.40. The van der Waals surface area contributed by atoms with Crippen molar-refractivity contribution in [2.45, 2.75) is 25.0 Å². The SMILES string of the molecule is CNCC(O)COc1cccc(-c2nc(-c3cnc4ncnn4c3)cc(N(C)C3CCOCC3)n2)c1. The zero-order valence-corrected chi connectivity index (χ0v) is 20.4. The third-order valence-electron chi connectivity index (χ3n) is 6.22. The molecule has 0 radical (unpaired) electrons. The molecule has 1 aliphatic heterocycles. The van der Waals surface area contributed by atoms with Gasteiger partial charge in [-0.1, -0.05) is 12.1 Å². The zero-order chi connectivity index (χ0) is 24.9. The normalized spacial score (nSPS) is 15.2. The molecule has 2 N–H and O–H groups in total. The number of ether oxygens (including phenoxy) is 2. The van der Waals surface area contributed by atoms with Crippen molar-refractivity contribution in [3.63, 3.8) is 0 Å². The van der Waals surface area contributed by atoms with Crippen molar-refractivity contribution in [2.75, 3.05) is 45.4 Å². The number of benzene rings is 1. The molecule has 1 atom stereocenters. The molecule has 11 nitrogen and oxygen atoms in total. The van der Waals surface area contributed by atoms with Crippen molar-refractivity contribution < 1.29 is 14.6 Å². The first-order valence-corrected chi connectivity index (χ1v) is 12.0. The van der Waals surface area contributed by atoms with Gasteiger partial charge in [0, 0.05) is 62.4 Å². The Labute approximate surface area is 209 Å². The average molecular weight is 491 g/mol. The predicted molar refractivity (Wildman–Crippen MR) is 135 cm³/mol. The first kappa shape index (κ1) is 24.0. The third kappa shape index (κ3) is 5.43. The minimum atomic E-state index is -0.600. The van der Waals surface area contributed by atoms with Gasteiger partial charge in [-0.05, 0) is 32.0 Å². The van der Waals surface area contributed by atoms with Crippen LogP contribution in [0.15, 0.2) is 49.1 Å². The number of aliphatic hydroxyl groups is 1. The van der Waals surface area contributed by atoms with E-state index >= 15 is 0 Å². The van der Waals surface area contributed by atoms with Crippen LogP contribution in [0.3, 0.4) is 0 Å². The van der Waals surface area contributed by atoms with Gasteiger partial charge in [0.15, 0.2) is 5.82 Å². The van der Waals surface area contributed by atoms with Gasteiger partial charge >= 0.3 is 0 Å². The van der Waals surface area contributed by atoms with E-state index in [4.69, 9.17) is 19.4 Å². The summed E-state index contributed by atoms with van der Waals surface area (Å²) in [5.41, 5.74) is 2.35. The Morgan fingerprint density at radius 2 is 2.06 bits per heavy atom. The molecule has 0 spiro atoms. The first-order chi connectivity index (χ1) is 17.6. The highest BCUT2D eigenvalue weighted by Crippen LogP contribution is 2.29. The monoisotopic (exact) mass is 490 g/mol. The van der Waals surface area contributed by atoms with Crippen LogP contribution in [0.2, 0.25) is 0 Å².